The molecule has 0 fully saturated rings. The van der Waals surface area contributed by atoms with Crippen molar-refractivity contribution in [1.82, 2.24) is 5.32 Å². The number of nitrogens with zero attached hydrogens (tertiary/aromatic N) is 1. The molecule has 30 heavy (non-hydrogen) atoms. The van der Waals surface area contributed by atoms with Crippen molar-refractivity contribution in [2.24, 2.45) is 0 Å². The van der Waals surface area contributed by atoms with Crippen molar-refractivity contribution in [1.29, 1.82) is 0 Å². The molecule has 0 unspecified atom stereocenters. The van der Waals surface area contributed by atoms with Gasteiger partial charge in [0.25, 0.3) is 0 Å². The second kappa shape index (κ2) is 21.6. The zero-order chi connectivity index (χ0) is 22.3. The maximum atomic E-state index is 11.9. The highest BCUT2D eigenvalue weighted by atomic mass is 16.3. The van der Waals surface area contributed by atoms with Gasteiger partial charge in [0.1, 0.15) is 6.54 Å². The second-order valence-electron chi connectivity index (χ2n) is 9.86. The zero-order valence-electron chi connectivity index (χ0n) is 20.9. The van der Waals surface area contributed by atoms with E-state index in [0.717, 1.165) is 37.0 Å². The second-order valence-corrected chi connectivity index (χ2v) is 9.86. The van der Waals surface area contributed by atoms with Gasteiger partial charge in [0, 0.05) is 19.4 Å². The molecule has 0 aliphatic carbocycles. The van der Waals surface area contributed by atoms with E-state index in [2.05, 4.69) is 26.3 Å². The highest BCUT2D eigenvalue weighted by Crippen LogP contribution is 2.14. The summed E-state index contributed by atoms with van der Waals surface area (Å²) in [6.45, 7) is 5.02. The van der Waals surface area contributed by atoms with Gasteiger partial charge in [-0.1, -0.05) is 103 Å². The molecule has 0 atom stereocenters. The van der Waals surface area contributed by atoms with Gasteiger partial charge in [0.05, 0.1) is 27.2 Å². The Bertz CT molecular complexity index is 372. The van der Waals surface area contributed by atoms with Gasteiger partial charge in [0.15, 0.2) is 0 Å². The Balaban J connectivity index is 3.24. The largest absolute Gasteiger partial charge is 0.391 e. The van der Waals surface area contributed by atoms with Gasteiger partial charge in [-0.25, -0.2) is 0 Å². The van der Waals surface area contributed by atoms with Gasteiger partial charge < -0.3 is 14.9 Å². The van der Waals surface area contributed by atoms with Crippen LogP contribution in [0.4, 0.5) is 0 Å². The van der Waals surface area contributed by atoms with Crippen LogP contribution in [0.5, 0.6) is 0 Å². The molecule has 4 heteroatoms. The first kappa shape index (κ1) is 29.4. The maximum absolute atomic E-state index is 11.9. The third-order valence-corrected chi connectivity index (χ3v) is 6.23. The molecule has 180 valence electrons. The summed E-state index contributed by atoms with van der Waals surface area (Å²) < 4.78 is 0.811. The fourth-order valence-corrected chi connectivity index (χ4v) is 4.04. The fraction of sp³-hybridized carbons (Fsp3) is 0.962. The van der Waals surface area contributed by atoms with Gasteiger partial charge in [0.2, 0.25) is 5.91 Å². The molecule has 2 N–H and O–H groups in total. The standard InChI is InChI=1S/C26H54N2O2/c1-4-5-6-7-8-9-10-11-12-13-14-15-16-17-18-19-21-26(30)27-22-20-23-28(2,3)24-25-29/h29H,4-25H2,1-3H3/p+1. The molecule has 0 aromatic heterocycles. The van der Waals surface area contributed by atoms with E-state index in [1.165, 1.54) is 96.3 Å². The number of hydrogen-bond acceptors (Lipinski definition) is 2. The average Bonchev–Trinajstić information content (AvgIpc) is 2.71. The first-order valence-corrected chi connectivity index (χ1v) is 13.2. The van der Waals surface area contributed by atoms with Crippen LogP contribution >= 0.6 is 0 Å². The molecule has 0 saturated heterocycles. The number of aliphatic hydroxyl groups excluding tert-OH is 1. The van der Waals surface area contributed by atoms with E-state index in [1.807, 2.05) is 0 Å². The summed E-state index contributed by atoms with van der Waals surface area (Å²) in [7, 11) is 4.24. The van der Waals surface area contributed by atoms with Crippen LogP contribution < -0.4 is 5.32 Å². The monoisotopic (exact) mass is 427 g/mol. The molecule has 0 heterocycles. The zero-order valence-corrected chi connectivity index (χ0v) is 20.9. The topological polar surface area (TPSA) is 49.3 Å². The predicted molar refractivity (Wildman–Crippen MR) is 131 cm³/mol. The smallest absolute Gasteiger partial charge is 0.219 e. The highest BCUT2D eigenvalue weighted by molar-refractivity contribution is 5.75. The van der Waals surface area contributed by atoms with Crippen molar-refractivity contribution in [2.45, 2.75) is 122 Å². The lowest BCUT2D eigenvalue weighted by molar-refractivity contribution is -0.890. The average molecular weight is 428 g/mol. The minimum absolute atomic E-state index is 0.202. The van der Waals surface area contributed by atoms with Crippen LogP contribution in [0.2, 0.25) is 0 Å². The van der Waals surface area contributed by atoms with E-state index >= 15 is 0 Å². The van der Waals surface area contributed by atoms with Crippen molar-refractivity contribution in [3.05, 3.63) is 0 Å². The number of hydrogen-bond donors (Lipinski definition) is 2. The minimum Gasteiger partial charge on any atom is -0.391 e. The van der Waals surface area contributed by atoms with Crippen molar-refractivity contribution in [3.8, 4) is 0 Å². The number of quaternary nitrogens is 1. The van der Waals surface area contributed by atoms with Gasteiger partial charge >= 0.3 is 0 Å². The quantitative estimate of drug-likeness (QED) is 0.150. The van der Waals surface area contributed by atoms with Crippen LogP contribution in [-0.4, -0.2) is 55.8 Å². The summed E-state index contributed by atoms with van der Waals surface area (Å²) in [6, 6.07) is 0. The molecule has 0 radical (unpaired) electrons. The molecule has 4 nitrogen and oxygen atoms in total. The van der Waals surface area contributed by atoms with Crippen molar-refractivity contribution >= 4 is 5.91 Å². The third kappa shape index (κ3) is 22.1. The molecular weight excluding hydrogens is 372 g/mol. The van der Waals surface area contributed by atoms with E-state index in [4.69, 9.17) is 5.11 Å². The Morgan fingerprint density at radius 3 is 1.53 bits per heavy atom. The molecule has 0 aliphatic rings. The lowest BCUT2D eigenvalue weighted by Crippen LogP contribution is -2.43. The van der Waals surface area contributed by atoms with Crippen molar-refractivity contribution in [3.63, 3.8) is 0 Å². The first-order valence-electron chi connectivity index (χ1n) is 13.2. The Morgan fingerprint density at radius 2 is 1.10 bits per heavy atom. The lowest BCUT2D eigenvalue weighted by Gasteiger charge is -2.28. The molecule has 0 aliphatic heterocycles. The predicted octanol–water partition coefficient (Wildman–Crippen LogP) is 6.21. The minimum atomic E-state index is 0.202. The van der Waals surface area contributed by atoms with Crippen LogP contribution in [0.3, 0.4) is 0 Å². The number of carbonyl (C=O) groups is 1. The molecule has 0 saturated carbocycles. The maximum Gasteiger partial charge on any atom is 0.219 e. The number of likely N-dealkylation sites (N-methyl/N-ethyl adjacent to an activating group) is 1. The number of nitrogens with one attached hydrogen (secondary N) is 1. The molecule has 0 aromatic rings. The SMILES string of the molecule is CCCCCCCCCCCCCCCCCCC(=O)NCCC[N+](C)(C)CCO. The van der Waals surface area contributed by atoms with Crippen LogP contribution in [0.1, 0.15) is 122 Å². The lowest BCUT2D eigenvalue weighted by atomic mass is 10.0. The summed E-state index contributed by atoms with van der Waals surface area (Å²) in [5, 5.41) is 12.1. The van der Waals surface area contributed by atoms with E-state index in [0.29, 0.717) is 6.42 Å². The van der Waals surface area contributed by atoms with Gasteiger partial charge in [-0.15, -0.1) is 0 Å². The van der Waals surface area contributed by atoms with Gasteiger partial charge in [-0.05, 0) is 6.42 Å². The molecule has 0 aromatic carbocycles. The summed E-state index contributed by atoms with van der Waals surface area (Å²) >= 11 is 0. The summed E-state index contributed by atoms with van der Waals surface area (Å²) in [5.41, 5.74) is 0. The first-order chi connectivity index (χ1) is 14.5. The Morgan fingerprint density at radius 1 is 0.667 bits per heavy atom. The van der Waals surface area contributed by atoms with Crippen LogP contribution in [0.15, 0.2) is 0 Å². The van der Waals surface area contributed by atoms with Gasteiger partial charge in [-0.2, -0.15) is 0 Å². The molecular formula is C26H55N2O2+. The van der Waals surface area contributed by atoms with Crippen LogP contribution in [0, 0.1) is 0 Å². The third-order valence-electron chi connectivity index (χ3n) is 6.23. The van der Waals surface area contributed by atoms with Crippen molar-refractivity contribution < 1.29 is 14.4 Å². The number of rotatable bonds is 23. The van der Waals surface area contributed by atoms with E-state index in [-0.39, 0.29) is 12.5 Å². The summed E-state index contributed by atoms with van der Waals surface area (Å²) in [4.78, 5) is 11.9. The number of carbonyl (C=O) groups excluding carboxylic acids is 1. The van der Waals surface area contributed by atoms with E-state index in [1.54, 1.807) is 0 Å². The van der Waals surface area contributed by atoms with E-state index < -0.39 is 0 Å². The van der Waals surface area contributed by atoms with Crippen LogP contribution in [0.25, 0.3) is 0 Å². The normalized spacial score (nSPS) is 11.7. The Hall–Kier alpha value is -0.610. The summed E-state index contributed by atoms with van der Waals surface area (Å²) in [6.07, 6.45) is 23.4. The van der Waals surface area contributed by atoms with Crippen LogP contribution in [-0.2, 0) is 4.79 Å². The molecule has 0 spiro atoms. The number of unbranched alkanes of at least 4 members (excludes halogenated alkanes) is 15. The summed E-state index contributed by atoms with van der Waals surface area (Å²) in [5.74, 6) is 0.202. The number of amides is 1. The highest BCUT2D eigenvalue weighted by Gasteiger charge is 2.13. The molecule has 0 rings (SSSR count). The van der Waals surface area contributed by atoms with E-state index in [9.17, 15) is 4.79 Å². The fourth-order valence-electron chi connectivity index (χ4n) is 4.04. The van der Waals surface area contributed by atoms with Crippen molar-refractivity contribution in [2.75, 3.05) is 40.3 Å². The molecule has 0 bridgehead atoms. The Labute approximate surface area is 188 Å². The molecule has 1 amide bonds. The van der Waals surface area contributed by atoms with Gasteiger partial charge in [-0.3, -0.25) is 4.79 Å². The Kier molecular flexibility index (Phi) is 21.2. The number of aliphatic hydroxyl groups is 1.